The average Bonchev–Trinajstić information content (AvgIpc) is 1.57. The summed E-state index contributed by atoms with van der Waals surface area (Å²) in [6.07, 6.45) is 1.26. The van der Waals surface area contributed by atoms with Crippen LogP contribution in [-0.2, 0) is 0 Å². The highest BCUT2D eigenvalue weighted by Gasteiger charge is 2.26. The lowest BCUT2D eigenvalue weighted by atomic mass is 9.92. The first-order valence-corrected chi connectivity index (χ1v) is 3.86. The monoisotopic (exact) mass is 140 g/mol. The van der Waals surface area contributed by atoms with Crippen molar-refractivity contribution in [1.82, 2.24) is 4.90 Å². The fourth-order valence-corrected chi connectivity index (χ4v) is 1.01. The molecule has 2 nitrogen and oxygen atoms in total. The predicted octanol–water partition coefficient (Wildman–Crippen LogP) is 1.72. The topological polar surface area (TPSA) is 27.1 Å². The second-order valence-corrected chi connectivity index (χ2v) is 3.94. The Bertz CT molecular complexity index is 140. The van der Waals surface area contributed by atoms with Crippen molar-refractivity contribution in [2.45, 2.75) is 27.2 Å². The second kappa shape index (κ2) is 2.26. The van der Waals surface area contributed by atoms with Gasteiger partial charge in [0.2, 0.25) is 0 Å². The molecule has 0 aromatic carbocycles. The molecule has 1 aliphatic rings. The van der Waals surface area contributed by atoms with Gasteiger partial charge in [0.25, 0.3) is 0 Å². The van der Waals surface area contributed by atoms with E-state index in [-0.39, 0.29) is 5.41 Å². The summed E-state index contributed by atoms with van der Waals surface area (Å²) in [7, 11) is 0. The minimum Gasteiger partial charge on any atom is -0.360 e. The fraction of sp³-hybridized carbons (Fsp3) is 0.875. The van der Waals surface area contributed by atoms with Crippen LogP contribution in [0, 0.1) is 10.8 Å². The summed E-state index contributed by atoms with van der Waals surface area (Å²) in [6.45, 7) is 8.46. The Kier molecular flexibility index (Phi) is 1.71. The summed E-state index contributed by atoms with van der Waals surface area (Å²) < 4.78 is 0. The van der Waals surface area contributed by atoms with Crippen LogP contribution >= 0.6 is 0 Å². The van der Waals surface area contributed by atoms with E-state index < -0.39 is 0 Å². The maximum atomic E-state index is 7.72. The van der Waals surface area contributed by atoms with Gasteiger partial charge in [-0.3, -0.25) is 5.41 Å². The summed E-state index contributed by atoms with van der Waals surface area (Å²) in [5.74, 6) is 0.791. The predicted molar refractivity (Wildman–Crippen MR) is 43.4 cm³/mol. The molecule has 1 fully saturated rings. The Morgan fingerprint density at radius 2 is 1.80 bits per heavy atom. The van der Waals surface area contributed by atoms with Crippen LogP contribution in [0.2, 0.25) is 0 Å². The molecule has 0 spiro atoms. The number of rotatable bonds is 0. The largest absolute Gasteiger partial charge is 0.360 e. The standard InChI is InChI=1S/C8H16N2/c1-8(2,3)7(9)10-5-4-6-10/h9H,4-6H2,1-3H3. The molecular formula is C8H16N2. The second-order valence-electron chi connectivity index (χ2n) is 3.94. The van der Waals surface area contributed by atoms with Gasteiger partial charge < -0.3 is 4.90 Å². The normalized spacial score (nSPS) is 18.5. The first-order valence-electron chi connectivity index (χ1n) is 3.86. The van der Waals surface area contributed by atoms with Crippen LogP contribution in [0.25, 0.3) is 0 Å². The fourth-order valence-electron chi connectivity index (χ4n) is 1.01. The summed E-state index contributed by atoms with van der Waals surface area (Å²) in [5.41, 5.74) is 0.0421. The molecule has 1 rings (SSSR count). The van der Waals surface area contributed by atoms with Crippen molar-refractivity contribution >= 4 is 5.84 Å². The van der Waals surface area contributed by atoms with Crippen LogP contribution in [-0.4, -0.2) is 23.8 Å². The zero-order chi connectivity index (χ0) is 7.78. The van der Waals surface area contributed by atoms with E-state index in [1.165, 1.54) is 6.42 Å². The quantitative estimate of drug-likeness (QED) is 0.402. The lowest BCUT2D eigenvalue weighted by Gasteiger charge is -2.38. The van der Waals surface area contributed by atoms with E-state index in [9.17, 15) is 0 Å². The molecule has 58 valence electrons. The van der Waals surface area contributed by atoms with Crippen molar-refractivity contribution in [3.05, 3.63) is 0 Å². The molecule has 0 aliphatic carbocycles. The molecule has 0 amide bonds. The average molecular weight is 140 g/mol. The number of amidine groups is 1. The Balaban J connectivity index is 2.48. The van der Waals surface area contributed by atoms with Gasteiger partial charge in [0, 0.05) is 18.5 Å². The Morgan fingerprint density at radius 1 is 1.30 bits per heavy atom. The maximum Gasteiger partial charge on any atom is 0.101 e. The van der Waals surface area contributed by atoms with Gasteiger partial charge >= 0.3 is 0 Å². The molecule has 0 bridgehead atoms. The van der Waals surface area contributed by atoms with E-state index >= 15 is 0 Å². The van der Waals surface area contributed by atoms with Crippen LogP contribution in [0.1, 0.15) is 27.2 Å². The number of hydrogen-bond acceptors (Lipinski definition) is 1. The molecular weight excluding hydrogens is 124 g/mol. The number of nitrogens with one attached hydrogen (secondary N) is 1. The number of hydrogen-bond donors (Lipinski definition) is 1. The van der Waals surface area contributed by atoms with Crippen molar-refractivity contribution in [3.8, 4) is 0 Å². The van der Waals surface area contributed by atoms with Gasteiger partial charge in [0.05, 0.1) is 0 Å². The third-order valence-corrected chi connectivity index (χ3v) is 1.88. The minimum atomic E-state index is 0.0421. The van der Waals surface area contributed by atoms with E-state index in [1.54, 1.807) is 0 Å². The molecule has 1 saturated heterocycles. The summed E-state index contributed by atoms with van der Waals surface area (Å²) in [5, 5.41) is 7.72. The molecule has 1 aliphatic heterocycles. The Labute approximate surface area is 62.7 Å². The van der Waals surface area contributed by atoms with Crippen molar-refractivity contribution < 1.29 is 0 Å². The molecule has 0 unspecified atom stereocenters. The summed E-state index contributed by atoms with van der Waals surface area (Å²) >= 11 is 0. The molecule has 1 N–H and O–H groups in total. The maximum absolute atomic E-state index is 7.72. The first kappa shape index (κ1) is 7.58. The highest BCUT2D eigenvalue weighted by Crippen LogP contribution is 2.21. The van der Waals surface area contributed by atoms with Crippen LogP contribution in [0.4, 0.5) is 0 Å². The highest BCUT2D eigenvalue weighted by atomic mass is 15.2. The van der Waals surface area contributed by atoms with Gasteiger partial charge in [0.1, 0.15) is 5.84 Å². The zero-order valence-electron chi connectivity index (χ0n) is 7.07. The third kappa shape index (κ3) is 1.31. The van der Waals surface area contributed by atoms with Gasteiger partial charge in [-0.2, -0.15) is 0 Å². The van der Waals surface area contributed by atoms with Crippen LogP contribution in [0.5, 0.6) is 0 Å². The minimum absolute atomic E-state index is 0.0421. The number of nitrogens with zero attached hydrogens (tertiary/aromatic N) is 1. The third-order valence-electron chi connectivity index (χ3n) is 1.88. The van der Waals surface area contributed by atoms with Gasteiger partial charge in [-0.15, -0.1) is 0 Å². The molecule has 0 saturated carbocycles. The van der Waals surface area contributed by atoms with Crippen molar-refractivity contribution in [1.29, 1.82) is 5.41 Å². The van der Waals surface area contributed by atoms with Crippen LogP contribution < -0.4 is 0 Å². The molecule has 2 heteroatoms. The van der Waals surface area contributed by atoms with Crippen LogP contribution in [0.15, 0.2) is 0 Å². The lowest BCUT2D eigenvalue weighted by molar-refractivity contribution is 0.269. The Morgan fingerprint density at radius 3 is 1.90 bits per heavy atom. The SMILES string of the molecule is CC(C)(C)C(=N)N1CCC1. The van der Waals surface area contributed by atoms with E-state index in [0.717, 1.165) is 18.9 Å². The van der Waals surface area contributed by atoms with Crippen molar-refractivity contribution in [2.24, 2.45) is 5.41 Å². The summed E-state index contributed by atoms with van der Waals surface area (Å²) in [6, 6.07) is 0. The molecule has 0 atom stereocenters. The van der Waals surface area contributed by atoms with Gasteiger partial charge in [0.15, 0.2) is 0 Å². The molecule has 1 heterocycles. The van der Waals surface area contributed by atoms with E-state index in [0.29, 0.717) is 0 Å². The smallest absolute Gasteiger partial charge is 0.101 e. The van der Waals surface area contributed by atoms with E-state index in [4.69, 9.17) is 5.41 Å². The first-order chi connectivity index (χ1) is 4.52. The van der Waals surface area contributed by atoms with E-state index in [2.05, 4.69) is 25.7 Å². The molecule has 0 aromatic rings. The number of likely N-dealkylation sites (tertiary alicyclic amines) is 1. The molecule has 10 heavy (non-hydrogen) atoms. The Hall–Kier alpha value is -0.530. The van der Waals surface area contributed by atoms with Crippen LogP contribution in [0.3, 0.4) is 0 Å². The van der Waals surface area contributed by atoms with Gasteiger partial charge in [-0.05, 0) is 6.42 Å². The highest BCUT2D eigenvalue weighted by molar-refractivity contribution is 5.84. The summed E-state index contributed by atoms with van der Waals surface area (Å²) in [4.78, 5) is 2.14. The van der Waals surface area contributed by atoms with E-state index in [1.807, 2.05) is 0 Å². The van der Waals surface area contributed by atoms with Gasteiger partial charge in [-0.1, -0.05) is 20.8 Å². The van der Waals surface area contributed by atoms with Crippen molar-refractivity contribution in [3.63, 3.8) is 0 Å². The van der Waals surface area contributed by atoms with Gasteiger partial charge in [-0.25, -0.2) is 0 Å². The molecule has 0 aromatic heterocycles. The van der Waals surface area contributed by atoms with Crippen molar-refractivity contribution in [2.75, 3.05) is 13.1 Å². The zero-order valence-corrected chi connectivity index (χ0v) is 7.07. The lowest BCUT2D eigenvalue weighted by Crippen LogP contribution is -2.46. The molecule has 0 radical (unpaired) electrons.